The Morgan fingerprint density at radius 2 is 1.82 bits per heavy atom. The number of amides is 2. The first-order valence-corrected chi connectivity index (χ1v) is 5.12. The van der Waals surface area contributed by atoms with Crippen molar-refractivity contribution in [2.45, 2.75) is 6.92 Å². The molecule has 0 bridgehead atoms. The molecule has 0 unspecified atom stereocenters. The second kappa shape index (κ2) is 4.25. The summed E-state index contributed by atoms with van der Waals surface area (Å²) in [5.41, 5.74) is 0.0962. The standard InChI is InChI=1S/C13H11NO3/c1-8(15)14-13(17)11-7-6-9-4-2-3-5-10(9)12(11)16/h2-7,16H,1H3,(H,14,15,17). The molecule has 4 nitrogen and oxygen atoms in total. The van der Waals surface area contributed by atoms with E-state index in [-0.39, 0.29) is 11.3 Å². The molecule has 0 aliphatic heterocycles. The van der Waals surface area contributed by atoms with Crippen LogP contribution in [0.1, 0.15) is 17.3 Å². The topological polar surface area (TPSA) is 66.4 Å². The van der Waals surface area contributed by atoms with Gasteiger partial charge >= 0.3 is 0 Å². The van der Waals surface area contributed by atoms with Crippen molar-refractivity contribution in [1.82, 2.24) is 5.32 Å². The molecule has 2 aromatic rings. The van der Waals surface area contributed by atoms with Crippen LogP contribution in [0.3, 0.4) is 0 Å². The van der Waals surface area contributed by atoms with Gasteiger partial charge in [-0.05, 0) is 11.5 Å². The van der Waals surface area contributed by atoms with Crippen LogP contribution in [-0.4, -0.2) is 16.9 Å². The van der Waals surface area contributed by atoms with Gasteiger partial charge in [-0.15, -0.1) is 0 Å². The van der Waals surface area contributed by atoms with Crippen molar-refractivity contribution in [3.63, 3.8) is 0 Å². The molecule has 0 spiro atoms. The molecule has 2 rings (SSSR count). The molecule has 2 N–H and O–H groups in total. The van der Waals surface area contributed by atoms with Crippen molar-refractivity contribution in [3.05, 3.63) is 42.0 Å². The molecule has 0 aliphatic carbocycles. The van der Waals surface area contributed by atoms with Crippen LogP contribution in [0.25, 0.3) is 10.8 Å². The normalized spacial score (nSPS) is 10.2. The fourth-order valence-electron chi connectivity index (χ4n) is 1.67. The average molecular weight is 229 g/mol. The van der Waals surface area contributed by atoms with E-state index < -0.39 is 11.8 Å². The highest BCUT2D eigenvalue weighted by Gasteiger charge is 2.14. The molecule has 0 saturated carbocycles. The molecule has 0 fully saturated rings. The third-order valence-corrected chi connectivity index (χ3v) is 2.43. The van der Waals surface area contributed by atoms with Crippen LogP contribution >= 0.6 is 0 Å². The quantitative estimate of drug-likeness (QED) is 0.783. The summed E-state index contributed by atoms with van der Waals surface area (Å²) < 4.78 is 0. The van der Waals surface area contributed by atoms with Crippen LogP contribution in [0.15, 0.2) is 36.4 Å². The first-order valence-electron chi connectivity index (χ1n) is 5.12. The summed E-state index contributed by atoms with van der Waals surface area (Å²) in [5.74, 6) is -1.16. The Bertz CT molecular complexity index is 605. The van der Waals surface area contributed by atoms with Gasteiger partial charge in [0.15, 0.2) is 0 Å². The lowest BCUT2D eigenvalue weighted by molar-refractivity contribution is -0.118. The van der Waals surface area contributed by atoms with E-state index >= 15 is 0 Å². The third kappa shape index (κ3) is 2.10. The maximum Gasteiger partial charge on any atom is 0.261 e. The summed E-state index contributed by atoms with van der Waals surface area (Å²) in [4.78, 5) is 22.4. The maximum atomic E-state index is 11.6. The second-order valence-electron chi connectivity index (χ2n) is 3.69. The Morgan fingerprint density at radius 1 is 1.12 bits per heavy atom. The average Bonchev–Trinajstić information content (AvgIpc) is 2.28. The van der Waals surface area contributed by atoms with Gasteiger partial charge in [0.1, 0.15) is 5.75 Å². The number of phenols is 1. The number of nitrogens with one attached hydrogen (secondary N) is 1. The Hall–Kier alpha value is -2.36. The summed E-state index contributed by atoms with van der Waals surface area (Å²) >= 11 is 0. The van der Waals surface area contributed by atoms with Gasteiger partial charge in [0.25, 0.3) is 5.91 Å². The van der Waals surface area contributed by atoms with E-state index in [1.165, 1.54) is 13.0 Å². The molecular formula is C13H11NO3. The second-order valence-corrected chi connectivity index (χ2v) is 3.69. The van der Waals surface area contributed by atoms with E-state index in [9.17, 15) is 14.7 Å². The lowest BCUT2D eigenvalue weighted by Crippen LogP contribution is -2.27. The number of carbonyl (C=O) groups is 2. The molecule has 0 atom stereocenters. The number of hydrogen-bond donors (Lipinski definition) is 2. The van der Waals surface area contributed by atoms with Crippen molar-refractivity contribution in [3.8, 4) is 5.75 Å². The number of fused-ring (bicyclic) bond motifs is 1. The van der Waals surface area contributed by atoms with Crippen molar-refractivity contribution >= 4 is 22.6 Å². The van der Waals surface area contributed by atoms with Crippen LogP contribution in [0.2, 0.25) is 0 Å². The highest BCUT2D eigenvalue weighted by atomic mass is 16.3. The number of hydrogen-bond acceptors (Lipinski definition) is 3. The van der Waals surface area contributed by atoms with Gasteiger partial charge in [-0.1, -0.05) is 30.3 Å². The van der Waals surface area contributed by atoms with Crippen LogP contribution in [0.4, 0.5) is 0 Å². The first kappa shape index (κ1) is 11.1. The van der Waals surface area contributed by atoms with Gasteiger partial charge in [-0.25, -0.2) is 0 Å². The number of aromatic hydroxyl groups is 1. The largest absolute Gasteiger partial charge is 0.506 e. The Morgan fingerprint density at radius 3 is 2.53 bits per heavy atom. The maximum absolute atomic E-state index is 11.6. The van der Waals surface area contributed by atoms with E-state index in [1.807, 2.05) is 12.1 Å². The summed E-state index contributed by atoms with van der Waals surface area (Å²) in [7, 11) is 0. The van der Waals surface area contributed by atoms with Crippen LogP contribution in [-0.2, 0) is 4.79 Å². The molecule has 2 amide bonds. The molecule has 0 radical (unpaired) electrons. The molecule has 4 heteroatoms. The molecule has 0 aromatic heterocycles. The van der Waals surface area contributed by atoms with Gasteiger partial charge in [-0.3, -0.25) is 14.9 Å². The number of benzene rings is 2. The highest BCUT2D eigenvalue weighted by molar-refractivity contribution is 6.09. The van der Waals surface area contributed by atoms with Crippen molar-refractivity contribution in [1.29, 1.82) is 0 Å². The third-order valence-electron chi connectivity index (χ3n) is 2.43. The molecule has 17 heavy (non-hydrogen) atoms. The first-order chi connectivity index (χ1) is 8.09. The van der Waals surface area contributed by atoms with Crippen molar-refractivity contribution in [2.24, 2.45) is 0 Å². The van der Waals surface area contributed by atoms with E-state index in [1.54, 1.807) is 18.2 Å². The number of imide groups is 1. The monoisotopic (exact) mass is 229 g/mol. The van der Waals surface area contributed by atoms with Gasteiger partial charge < -0.3 is 5.11 Å². The van der Waals surface area contributed by atoms with Gasteiger partial charge in [0.05, 0.1) is 5.56 Å². The summed E-state index contributed by atoms with van der Waals surface area (Å²) in [6.07, 6.45) is 0. The van der Waals surface area contributed by atoms with E-state index in [2.05, 4.69) is 5.32 Å². The molecule has 0 heterocycles. The molecule has 0 aliphatic rings. The highest BCUT2D eigenvalue weighted by Crippen LogP contribution is 2.28. The van der Waals surface area contributed by atoms with Crippen LogP contribution in [0, 0.1) is 0 Å². The fraction of sp³-hybridized carbons (Fsp3) is 0.0769. The Kier molecular flexibility index (Phi) is 2.78. The summed E-state index contributed by atoms with van der Waals surface area (Å²) in [6.45, 7) is 1.25. The van der Waals surface area contributed by atoms with Crippen molar-refractivity contribution < 1.29 is 14.7 Å². The van der Waals surface area contributed by atoms with Crippen LogP contribution in [0.5, 0.6) is 5.75 Å². The lowest BCUT2D eigenvalue weighted by Gasteiger charge is -2.07. The van der Waals surface area contributed by atoms with E-state index in [0.29, 0.717) is 5.39 Å². The Balaban J connectivity index is 2.52. The lowest BCUT2D eigenvalue weighted by atomic mass is 10.0. The predicted molar refractivity (Wildman–Crippen MR) is 63.8 cm³/mol. The minimum absolute atomic E-state index is 0.0962. The van der Waals surface area contributed by atoms with Gasteiger partial charge in [0.2, 0.25) is 5.91 Å². The Labute approximate surface area is 97.9 Å². The fourth-order valence-corrected chi connectivity index (χ4v) is 1.67. The minimum Gasteiger partial charge on any atom is -0.506 e. The SMILES string of the molecule is CC(=O)NC(=O)c1ccc2ccccc2c1O. The molecular weight excluding hydrogens is 218 g/mol. The zero-order chi connectivity index (χ0) is 12.4. The van der Waals surface area contributed by atoms with E-state index in [0.717, 1.165) is 5.39 Å². The number of carbonyl (C=O) groups excluding carboxylic acids is 2. The molecule has 86 valence electrons. The molecule has 0 saturated heterocycles. The number of rotatable bonds is 1. The molecule has 2 aromatic carbocycles. The smallest absolute Gasteiger partial charge is 0.261 e. The van der Waals surface area contributed by atoms with E-state index in [4.69, 9.17) is 0 Å². The predicted octanol–water partition coefficient (Wildman–Crippen LogP) is 1.82. The van der Waals surface area contributed by atoms with Crippen molar-refractivity contribution in [2.75, 3.05) is 0 Å². The zero-order valence-corrected chi connectivity index (χ0v) is 9.23. The minimum atomic E-state index is -0.597. The summed E-state index contributed by atoms with van der Waals surface area (Å²) in [6, 6.07) is 10.4. The number of phenolic OH excluding ortho intramolecular Hbond substituents is 1. The van der Waals surface area contributed by atoms with Gasteiger partial charge in [0, 0.05) is 12.3 Å². The summed E-state index contributed by atoms with van der Waals surface area (Å²) in [5, 5.41) is 13.5. The zero-order valence-electron chi connectivity index (χ0n) is 9.23. The van der Waals surface area contributed by atoms with Gasteiger partial charge in [-0.2, -0.15) is 0 Å². The van der Waals surface area contributed by atoms with Crippen LogP contribution < -0.4 is 5.32 Å².